The molecule has 5 aliphatic heterocycles. The van der Waals surface area contributed by atoms with Gasteiger partial charge in [-0.25, -0.2) is 17.0 Å². The largest absolute Gasteiger partial charge is 0.769 e. The molecular weight excluding hydrogens is 691 g/mol. The molecular formula is C34H45IrN3OS-4. The molecule has 40 heavy (non-hydrogen) atoms. The molecule has 7 aliphatic rings. The molecule has 0 saturated carbocycles. The van der Waals surface area contributed by atoms with Gasteiger partial charge < -0.3 is 21.1 Å². The molecule has 0 aromatic heterocycles. The SMILES string of the molecule is CC1C=C(C2=[C-]C[C@H](C)CC2)[N-]C[C@H]1C.[2H]C([2H])([2H])C1=N[C@H]2OC3=C([C@H]4CC5=C(C[N-]4)[C@H](C)CS5)[CH-]CCC3C2C=C1.[Ir]. The van der Waals surface area contributed by atoms with Crippen molar-refractivity contribution in [3.8, 4) is 0 Å². The third-order valence-electron chi connectivity index (χ3n) is 9.66. The maximum atomic E-state index is 7.62. The van der Waals surface area contributed by atoms with Gasteiger partial charge in [-0.2, -0.15) is 11.6 Å². The van der Waals surface area contributed by atoms with E-state index in [4.69, 9.17) is 14.2 Å². The van der Waals surface area contributed by atoms with E-state index < -0.39 is 13.1 Å². The van der Waals surface area contributed by atoms with E-state index in [0.717, 1.165) is 50.4 Å². The number of aliphatic imine (C=N–C) groups is 1. The van der Waals surface area contributed by atoms with E-state index in [-0.39, 0.29) is 37.8 Å². The average molecular weight is 739 g/mol. The summed E-state index contributed by atoms with van der Waals surface area (Å²) in [7, 11) is 0. The molecule has 0 N–H and O–H groups in total. The summed E-state index contributed by atoms with van der Waals surface area (Å²) in [6.45, 7) is 8.84. The maximum Gasteiger partial charge on any atom is 0.175 e. The third-order valence-corrected chi connectivity index (χ3v) is 11.1. The van der Waals surface area contributed by atoms with Crippen LogP contribution in [0.4, 0.5) is 0 Å². The van der Waals surface area contributed by atoms with E-state index in [2.05, 4.69) is 56.6 Å². The molecule has 2 aliphatic carbocycles. The van der Waals surface area contributed by atoms with Gasteiger partial charge in [-0.05, 0) is 47.8 Å². The molecule has 8 atom stereocenters. The summed E-state index contributed by atoms with van der Waals surface area (Å²) in [6.07, 6.45) is 18.1. The summed E-state index contributed by atoms with van der Waals surface area (Å²) >= 11 is 2.00. The smallest absolute Gasteiger partial charge is 0.175 e. The van der Waals surface area contributed by atoms with E-state index in [9.17, 15) is 0 Å². The Bertz CT molecular complexity index is 1250. The van der Waals surface area contributed by atoms with Gasteiger partial charge >= 0.3 is 0 Å². The number of rotatable bonds is 2. The molecule has 1 fully saturated rings. The van der Waals surface area contributed by atoms with E-state index >= 15 is 0 Å². The molecule has 7 rings (SSSR count). The van der Waals surface area contributed by atoms with Gasteiger partial charge in [0.2, 0.25) is 0 Å². The van der Waals surface area contributed by atoms with Gasteiger partial charge in [0.05, 0.1) is 0 Å². The number of fused-ring (bicyclic) bond motifs is 3. The monoisotopic (exact) mass is 739 g/mol. The van der Waals surface area contributed by atoms with Crippen LogP contribution in [0.15, 0.2) is 56.3 Å². The Morgan fingerprint density at radius 2 is 2.10 bits per heavy atom. The molecule has 0 aromatic carbocycles. The minimum absolute atomic E-state index is 0. The standard InChI is InChI=1S/C20H24N2OS.C14H21N.Ir/c1-11-10-24-18-8-17(21-9-16(11)18)15-5-3-4-13-14-7-6-12(2)22-20(14)23-19(13)15;1-10-4-6-13(7-5-10)14-8-11(2)12(3)9-15-14;/h5-7,11,13-14,17,20H,3-4,8-10H2,1-2H3;8,10-12H,4-6,9H2,1-3H3;/q2*-2;/t11-,13?,14?,17-,20+;10-,11?,12-;/m11./s1/i2D3;;. The van der Waals surface area contributed by atoms with Crippen molar-refractivity contribution in [2.75, 3.05) is 18.8 Å². The van der Waals surface area contributed by atoms with Crippen LogP contribution in [0.1, 0.15) is 77.2 Å². The fraction of sp³-hybridized carbons (Fsp3) is 0.647. The molecule has 221 valence electrons. The van der Waals surface area contributed by atoms with Gasteiger partial charge in [-0.3, -0.25) is 6.08 Å². The van der Waals surface area contributed by atoms with Gasteiger partial charge in [0, 0.05) is 41.6 Å². The van der Waals surface area contributed by atoms with Crippen LogP contribution in [-0.4, -0.2) is 36.8 Å². The van der Waals surface area contributed by atoms with Crippen LogP contribution >= 0.6 is 11.8 Å². The Hall–Kier alpha value is -1.20. The van der Waals surface area contributed by atoms with Crippen LogP contribution in [0.5, 0.6) is 0 Å². The van der Waals surface area contributed by atoms with Crippen molar-refractivity contribution in [2.45, 2.75) is 85.3 Å². The Labute approximate surface area is 264 Å². The van der Waals surface area contributed by atoms with Crippen LogP contribution < -0.4 is 0 Å². The van der Waals surface area contributed by atoms with Crippen molar-refractivity contribution in [1.29, 1.82) is 0 Å². The first-order valence-electron chi connectivity index (χ1n) is 16.6. The van der Waals surface area contributed by atoms with E-state index in [1.807, 2.05) is 17.8 Å². The first-order chi connectivity index (χ1) is 20.1. The van der Waals surface area contributed by atoms with Crippen molar-refractivity contribution in [3.05, 3.63) is 74.4 Å². The number of hydrogen-bond donors (Lipinski definition) is 0. The number of allylic oxidation sites excluding steroid dienone is 5. The van der Waals surface area contributed by atoms with Crippen molar-refractivity contribution in [2.24, 2.45) is 40.5 Å². The first-order valence-corrected chi connectivity index (χ1v) is 16.1. The Morgan fingerprint density at radius 1 is 1.23 bits per heavy atom. The second kappa shape index (κ2) is 13.0. The molecule has 1 radical (unpaired) electrons. The average Bonchev–Trinajstić information content (AvgIpc) is 3.54. The number of hydrogen-bond acceptors (Lipinski definition) is 3. The molecule has 6 heteroatoms. The Kier molecular flexibility index (Phi) is 8.58. The van der Waals surface area contributed by atoms with Gasteiger partial charge in [-0.1, -0.05) is 70.4 Å². The van der Waals surface area contributed by atoms with Crippen molar-refractivity contribution in [3.63, 3.8) is 0 Å². The second-order valence-electron chi connectivity index (χ2n) is 12.6. The number of thioether (sulfide) groups is 1. The predicted octanol–water partition coefficient (Wildman–Crippen LogP) is 8.72. The minimum atomic E-state index is -2.18. The summed E-state index contributed by atoms with van der Waals surface area (Å²) in [5.41, 5.74) is 5.54. The fourth-order valence-electron chi connectivity index (χ4n) is 6.77. The molecule has 0 bridgehead atoms. The van der Waals surface area contributed by atoms with Crippen LogP contribution in [0.25, 0.3) is 10.6 Å². The first kappa shape index (κ1) is 26.4. The molecule has 5 heterocycles. The molecule has 3 unspecified atom stereocenters. The Balaban J connectivity index is 0.000000197. The summed E-state index contributed by atoms with van der Waals surface area (Å²) in [6, 6.07) is 0.176. The van der Waals surface area contributed by atoms with Gasteiger partial charge in [0.15, 0.2) is 6.23 Å². The topological polar surface area (TPSA) is 49.8 Å². The van der Waals surface area contributed by atoms with Crippen molar-refractivity contribution < 1.29 is 29.0 Å². The van der Waals surface area contributed by atoms with Crippen molar-refractivity contribution >= 4 is 17.5 Å². The number of nitrogens with zero attached hydrogens (tertiary/aromatic N) is 3. The van der Waals surface area contributed by atoms with Gasteiger partial charge in [0.25, 0.3) is 0 Å². The minimum Gasteiger partial charge on any atom is -0.769 e. The zero-order chi connectivity index (χ0) is 29.6. The quantitative estimate of drug-likeness (QED) is 0.266. The third kappa shape index (κ3) is 6.26. The van der Waals surface area contributed by atoms with Crippen LogP contribution in [0.2, 0.25) is 0 Å². The molecule has 0 amide bonds. The van der Waals surface area contributed by atoms with E-state index in [0.29, 0.717) is 23.7 Å². The normalized spacial score (nSPS) is 39.5. The zero-order valence-corrected chi connectivity index (χ0v) is 27.5. The van der Waals surface area contributed by atoms with E-state index in [1.54, 1.807) is 6.08 Å². The maximum absolute atomic E-state index is 7.62. The number of dihydropyridines is 1. The second-order valence-corrected chi connectivity index (χ2v) is 13.7. The summed E-state index contributed by atoms with van der Waals surface area (Å²) in [5, 5.41) is 9.67. The summed E-state index contributed by atoms with van der Waals surface area (Å²) < 4.78 is 29.1. The van der Waals surface area contributed by atoms with Crippen LogP contribution in [0.3, 0.4) is 0 Å². The summed E-state index contributed by atoms with van der Waals surface area (Å²) in [5.74, 6) is 5.49. The fourth-order valence-corrected chi connectivity index (χ4v) is 8.15. The predicted molar refractivity (Wildman–Crippen MR) is 164 cm³/mol. The summed E-state index contributed by atoms with van der Waals surface area (Å²) in [4.78, 5) is 5.97. The Morgan fingerprint density at radius 3 is 2.88 bits per heavy atom. The van der Waals surface area contributed by atoms with Crippen LogP contribution in [-0.2, 0) is 24.8 Å². The molecule has 0 aromatic rings. The molecule has 4 nitrogen and oxygen atoms in total. The van der Waals surface area contributed by atoms with Crippen molar-refractivity contribution in [1.82, 2.24) is 0 Å². The van der Waals surface area contributed by atoms with Crippen LogP contribution in [0, 0.1) is 48.0 Å². The molecule has 0 spiro atoms. The zero-order valence-electron chi connectivity index (χ0n) is 27.3. The van der Waals surface area contributed by atoms with E-state index in [1.165, 1.54) is 45.9 Å². The number of ether oxygens (including phenoxy) is 1. The van der Waals surface area contributed by atoms with Gasteiger partial charge in [0.1, 0.15) is 0 Å². The molecule has 1 saturated heterocycles. The van der Waals surface area contributed by atoms with Gasteiger partial charge in [-0.15, -0.1) is 43.7 Å².